The molecule has 0 bridgehead atoms. The largest absolute Gasteiger partial charge is 0.381 e. The molecule has 1 fully saturated rings. The van der Waals surface area contributed by atoms with Crippen LogP contribution in [0, 0.1) is 6.92 Å². The number of rotatable bonds is 4. The molecular formula is C12H18N2O2S2. The zero-order chi connectivity index (χ0) is 13.2. The first kappa shape index (κ1) is 13.5. The predicted octanol–water partition coefficient (Wildman–Crippen LogP) is 2.28. The van der Waals surface area contributed by atoms with Gasteiger partial charge < -0.3 is 5.32 Å². The molecule has 2 N–H and O–H groups in total. The Labute approximate surface area is 113 Å². The van der Waals surface area contributed by atoms with Crippen LogP contribution in [0.1, 0.15) is 12.0 Å². The Morgan fingerprint density at radius 1 is 1.39 bits per heavy atom. The average Bonchev–Trinajstić information content (AvgIpc) is 2.73. The van der Waals surface area contributed by atoms with Crippen LogP contribution in [0.4, 0.5) is 11.4 Å². The third kappa shape index (κ3) is 3.81. The second-order valence-corrected chi connectivity index (χ2v) is 7.51. The highest BCUT2D eigenvalue weighted by molar-refractivity contribution is 7.99. The van der Waals surface area contributed by atoms with Gasteiger partial charge in [-0.3, -0.25) is 4.72 Å². The summed E-state index contributed by atoms with van der Waals surface area (Å²) in [4.78, 5) is 0. The molecule has 1 heterocycles. The molecule has 1 aliphatic heterocycles. The van der Waals surface area contributed by atoms with Crippen molar-refractivity contribution >= 4 is 33.2 Å². The molecule has 0 spiro atoms. The van der Waals surface area contributed by atoms with Gasteiger partial charge >= 0.3 is 0 Å². The molecule has 0 saturated carbocycles. The second kappa shape index (κ2) is 5.40. The summed E-state index contributed by atoms with van der Waals surface area (Å²) in [7, 11) is -3.21. The van der Waals surface area contributed by atoms with Crippen LogP contribution in [0.3, 0.4) is 0 Å². The van der Waals surface area contributed by atoms with Crippen molar-refractivity contribution in [3.63, 3.8) is 0 Å². The van der Waals surface area contributed by atoms with Crippen molar-refractivity contribution in [2.45, 2.75) is 19.4 Å². The molecule has 0 aromatic heterocycles. The van der Waals surface area contributed by atoms with E-state index >= 15 is 0 Å². The third-order valence-electron chi connectivity index (χ3n) is 2.82. The fraction of sp³-hybridized carbons (Fsp3) is 0.500. The minimum atomic E-state index is -3.21. The maximum absolute atomic E-state index is 11.2. The number of hydrogen-bond acceptors (Lipinski definition) is 4. The van der Waals surface area contributed by atoms with Gasteiger partial charge in [-0.05, 0) is 42.9 Å². The van der Waals surface area contributed by atoms with Crippen molar-refractivity contribution < 1.29 is 8.42 Å². The monoisotopic (exact) mass is 286 g/mol. The van der Waals surface area contributed by atoms with E-state index in [9.17, 15) is 8.42 Å². The van der Waals surface area contributed by atoms with Crippen LogP contribution < -0.4 is 10.0 Å². The van der Waals surface area contributed by atoms with E-state index < -0.39 is 10.0 Å². The molecule has 18 heavy (non-hydrogen) atoms. The van der Waals surface area contributed by atoms with E-state index in [0.29, 0.717) is 11.7 Å². The molecule has 6 heteroatoms. The fourth-order valence-corrected chi connectivity index (χ4v) is 3.73. The first-order valence-corrected chi connectivity index (χ1v) is 8.91. The van der Waals surface area contributed by atoms with Gasteiger partial charge in [0.2, 0.25) is 10.0 Å². The van der Waals surface area contributed by atoms with Crippen LogP contribution >= 0.6 is 11.8 Å². The summed E-state index contributed by atoms with van der Waals surface area (Å²) in [6.45, 7) is 1.90. The number of nitrogens with one attached hydrogen (secondary N) is 2. The molecule has 1 aliphatic rings. The molecule has 4 nitrogen and oxygen atoms in total. The lowest BCUT2D eigenvalue weighted by Gasteiger charge is -2.15. The van der Waals surface area contributed by atoms with Crippen LogP contribution in [-0.2, 0) is 10.0 Å². The van der Waals surface area contributed by atoms with Crippen molar-refractivity contribution in [1.29, 1.82) is 0 Å². The van der Waals surface area contributed by atoms with Gasteiger partial charge in [0.05, 0.1) is 11.9 Å². The summed E-state index contributed by atoms with van der Waals surface area (Å²) < 4.78 is 24.9. The Morgan fingerprint density at radius 2 is 2.17 bits per heavy atom. The zero-order valence-electron chi connectivity index (χ0n) is 10.6. The van der Waals surface area contributed by atoms with Crippen molar-refractivity contribution in [1.82, 2.24) is 0 Å². The van der Waals surface area contributed by atoms with Gasteiger partial charge in [0.15, 0.2) is 0 Å². The Hall–Kier alpha value is -0.880. The average molecular weight is 286 g/mol. The molecule has 0 amide bonds. The van der Waals surface area contributed by atoms with E-state index in [1.807, 2.05) is 30.8 Å². The summed E-state index contributed by atoms with van der Waals surface area (Å²) >= 11 is 1.96. The Bertz CT molecular complexity index is 523. The second-order valence-electron chi connectivity index (χ2n) is 4.61. The molecule has 1 unspecified atom stereocenters. The highest BCUT2D eigenvalue weighted by atomic mass is 32.2. The topological polar surface area (TPSA) is 58.2 Å². The highest BCUT2D eigenvalue weighted by Gasteiger charge is 2.15. The molecule has 1 aromatic rings. The number of benzene rings is 1. The standard InChI is InChI=1S/C12H18N2O2S2/c1-9-7-10(13-11-5-6-17-8-11)3-4-12(9)14-18(2,15)16/h3-4,7,11,13-14H,5-6,8H2,1-2H3. The smallest absolute Gasteiger partial charge is 0.229 e. The van der Waals surface area contributed by atoms with Crippen LogP contribution in [0.5, 0.6) is 0 Å². The van der Waals surface area contributed by atoms with Gasteiger partial charge in [0.1, 0.15) is 0 Å². The minimum absolute atomic E-state index is 0.531. The van der Waals surface area contributed by atoms with Gasteiger partial charge in [-0.1, -0.05) is 0 Å². The van der Waals surface area contributed by atoms with Gasteiger partial charge in [-0.15, -0.1) is 0 Å². The van der Waals surface area contributed by atoms with Crippen LogP contribution in [0.15, 0.2) is 18.2 Å². The lowest BCUT2D eigenvalue weighted by Crippen LogP contribution is -2.18. The summed E-state index contributed by atoms with van der Waals surface area (Å²) in [6.07, 6.45) is 2.35. The predicted molar refractivity (Wildman–Crippen MR) is 79.0 cm³/mol. The van der Waals surface area contributed by atoms with Gasteiger partial charge in [-0.2, -0.15) is 11.8 Å². The summed E-state index contributed by atoms with van der Waals surface area (Å²) in [6, 6.07) is 6.24. The quantitative estimate of drug-likeness (QED) is 0.891. The van der Waals surface area contributed by atoms with Crippen LogP contribution in [0.2, 0.25) is 0 Å². The molecule has 2 rings (SSSR count). The van der Waals surface area contributed by atoms with Gasteiger partial charge in [0, 0.05) is 17.5 Å². The van der Waals surface area contributed by atoms with Gasteiger partial charge in [-0.25, -0.2) is 8.42 Å². The molecular weight excluding hydrogens is 268 g/mol. The summed E-state index contributed by atoms with van der Waals surface area (Å²) in [5.41, 5.74) is 2.62. The maximum Gasteiger partial charge on any atom is 0.229 e. The fourth-order valence-electron chi connectivity index (χ4n) is 1.95. The van der Waals surface area contributed by atoms with E-state index in [2.05, 4.69) is 10.0 Å². The number of thioether (sulfide) groups is 1. The number of anilines is 2. The third-order valence-corrected chi connectivity index (χ3v) is 4.58. The Morgan fingerprint density at radius 3 is 2.72 bits per heavy atom. The zero-order valence-corrected chi connectivity index (χ0v) is 12.2. The van der Waals surface area contributed by atoms with Crippen molar-refractivity contribution in [3.05, 3.63) is 23.8 Å². The molecule has 0 radical (unpaired) electrons. The lowest BCUT2D eigenvalue weighted by atomic mass is 10.1. The lowest BCUT2D eigenvalue weighted by molar-refractivity contribution is 0.607. The Balaban J connectivity index is 2.09. The summed E-state index contributed by atoms with van der Waals surface area (Å²) in [5.74, 6) is 2.35. The van der Waals surface area contributed by atoms with Crippen molar-refractivity contribution in [2.75, 3.05) is 27.8 Å². The van der Waals surface area contributed by atoms with E-state index in [0.717, 1.165) is 23.3 Å². The van der Waals surface area contributed by atoms with Crippen molar-refractivity contribution in [3.8, 4) is 0 Å². The number of hydrogen-bond donors (Lipinski definition) is 2. The van der Waals surface area contributed by atoms with Crippen molar-refractivity contribution in [2.24, 2.45) is 0 Å². The van der Waals surface area contributed by atoms with E-state index in [4.69, 9.17) is 0 Å². The van der Waals surface area contributed by atoms with E-state index in [-0.39, 0.29) is 0 Å². The van der Waals surface area contributed by atoms with E-state index in [1.54, 1.807) is 6.07 Å². The van der Waals surface area contributed by atoms with Gasteiger partial charge in [0.25, 0.3) is 0 Å². The Kier molecular flexibility index (Phi) is 4.07. The SMILES string of the molecule is Cc1cc(NC2CCSC2)ccc1NS(C)(=O)=O. The molecule has 0 aliphatic carbocycles. The highest BCUT2D eigenvalue weighted by Crippen LogP contribution is 2.24. The first-order valence-electron chi connectivity index (χ1n) is 5.87. The normalized spacial score (nSPS) is 19.8. The van der Waals surface area contributed by atoms with Crippen LogP contribution in [0.25, 0.3) is 0 Å². The minimum Gasteiger partial charge on any atom is -0.381 e. The maximum atomic E-state index is 11.2. The van der Waals surface area contributed by atoms with Crippen LogP contribution in [-0.4, -0.2) is 32.2 Å². The molecule has 1 aromatic carbocycles. The molecule has 1 saturated heterocycles. The number of aryl methyl sites for hydroxylation is 1. The summed E-state index contributed by atoms with van der Waals surface area (Å²) in [5, 5.41) is 3.47. The van der Waals surface area contributed by atoms with E-state index in [1.165, 1.54) is 12.2 Å². The first-order chi connectivity index (χ1) is 8.44. The molecule has 100 valence electrons. The number of sulfonamides is 1. The molecule has 1 atom stereocenters.